The van der Waals surface area contributed by atoms with Crippen molar-refractivity contribution < 1.29 is 27.1 Å². The van der Waals surface area contributed by atoms with Crippen molar-refractivity contribution in [3.8, 4) is 17.0 Å². The fourth-order valence-corrected chi connectivity index (χ4v) is 3.68. The number of carbonyl (C=O) groups is 1. The van der Waals surface area contributed by atoms with E-state index in [1.54, 1.807) is 23.1 Å². The average Bonchev–Trinajstić information content (AvgIpc) is 2.84. The van der Waals surface area contributed by atoms with E-state index in [1.165, 1.54) is 31.2 Å². The van der Waals surface area contributed by atoms with Crippen LogP contribution >= 0.6 is 0 Å². The van der Waals surface area contributed by atoms with Gasteiger partial charge in [-0.3, -0.25) is 4.79 Å². The van der Waals surface area contributed by atoms with Gasteiger partial charge >= 0.3 is 6.18 Å². The van der Waals surface area contributed by atoms with Gasteiger partial charge in [0.15, 0.2) is 11.9 Å². The van der Waals surface area contributed by atoms with Crippen LogP contribution in [0.5, 0.6) is 5.75 Å². The first-order valence-electron chi connectivity index (χ1n) is 10.7. The lowest BCUT2D eigenvalue weighted by molar-refractivity contribution is -0.138. The third kappa shape index (κ3) is 5.44. The van der Waals surface area contributed by atoms with Gasteiger partial charge in [-0.2, -0.15) is 13.2 Å². The molecule has 2 heterocycles. The van der Waals surface area contributed by atoms with Crippen LogP contribution < -0.4 is 9.64 Å². The standard InChI is InChI=1S/C24H22F4N4O2/c1-16(34-20-4-2-3-18(15-20)24(26,27)28)23(33)32-13-11-31(12-14-32)22-10-9-21(29-30-22)17-5-7-19(25)8-6-17/h2-10,15-16H,11-14H2,1H3. The molecule has 10 heteroatoms. The third-order valence-corrected chi connectivity index (χ3v) is 5.53. The maximum Gasteiger partial charge on any atom is 0.416 e. The highest BCUT2D eigenvalue weighted by Gasteiger charge is 2.31. The van der Waals surface area contributed by atoms with E-state index in [-0.39, 0.29) is 17.5 Å². The predicted octanol–water partition coefficient (Wildman–Crippen LogP) is 4.42. The van der Waals surface area contributed by atoms with Crippen LogP contribution in [0.25, 0.3) is 11.3 Å². The zero-order valence-electron chi connectivity index (χ0n) is 18.3. The minimum Gasteiger partial charge on any atom is -0.481 e. The molecular weight excluding hydrogens is 452 g/mol. The number of aromatic nitrogens is 2. The van der Waals surface area contributed by atoms with Crippen molar-refractivity contribution in [1.29, 1.82) is 0 Å². The van der Waals surface area contributed by atoms with Crippen LogP contribution in [-0.4, -0.2) is 53.3 Å². The van der Waals surface area contributed by atoms with Crippen molar-refractivity contribution in [3.63, 3.8) is 0 Å². The van der Waals surface area contributed by atoms with Crippen LogP contribution in [0.1, 0.15) is 12.5 Å². The van der Waals surface area contributed by atoms with Gasteiger partial charge in [-0.25, -0.2) is 4.39 Å². The molecule has 0 bridgehead atoms. The van der Waals surface area contributed by atoms with Crippen molar-refractivity contribution in [2.75, 3.05) is 31.1 Å². The van der Waals surface area contributed by atoms with Crippen molar-refractivity contribution in [2.45, 2.75) is 19.2 Å². The van der Waals surface area contributed by atoms with Crippen LogP contribution in [-0.2, 0) is 11.0 Å². The lowest BCUT2D eigenvalue weighted by atomic mass is 10.1. The Balaban J connectivity index is 1.32. The molecule has 1 aliphatic heterocycles. The Morgan fingerprint density at radius 3 is 2.29 bits per heavy atom. The number of alkyl halides is 3. The van der Waals surface area contributed by atoms with E-state index < -0.39 is 17.8 Å². The number of piperazine rings is 1. The summed E-state index contributed by atoms with van der Waals surface area (Å²) >= 11 is 0. The zero-order chi connectivity index (χ0) is 24.3. The summed E-state index contributed by atoms with van der Waals surface area (Å²) in [6.45, 7) is 3.39. The summed E-state index contributed by atoms with van der Waals surface area (Å²) < 4.78 is 57.3. The fourth-order valence-electron chi connectivity index (χ4n) is 3.68. The Morgan fingerprint density at radius 2 is 1.68 bits per heavy atom. The van der Waals surface area contributed by atoms with Gasteiger partial charge in [0.05, 0.1) is 11.3 Å². The van der Waals surface area contributed by atoms with Crippen LogP contribution in [0, 0.1) is 5.82 Å². The van der Waals surface area contributed by atoms with E-state index in [9.17, 15) is 22.4 Å². The summed E-state index contributed by atoms with van der Waals surface area (Å²) in [4.78, 5) is 16.4. The Labute approximate surface area is 193 Å². The molecule has 0 radical (unpaired) electrons. The number of benzene rings is 2. The van der Waals surface area contributed by atoms with Crippen molar-refractivity contribution in [3.05, 3.63) is 72.0 Å². The van der Waals surface area contributed by atoms with Crippen molar-refractivity contribution in [2.24, 2.45) is 0 Å². The molecule has 0 N–H and O–H groups in total. The number of hydrogen-bond acceptors (Lipinski definition) is 5. The molecule has 0 aliphatic carbocycles. The van der Waals surface area contributed by atoms with Gasteiger partial charge in [-0.1, -0.05) is 6.07 Å². The highest BCUT2D eigenvalue weighted by molar-refractivity contribution is 5.81. The highest BCUT2D eigenvalue weighted by atomic mass is 19.4. The van der Waals surface area contributed by atoms with E-state index in [2.05, 4.69) is 10.2 Å². The maximum atomic E-state index is 13.1. The van der Waals surface area contributed by atoms with E-state index >= 15 is 0 Å². The SMILES string of the molecule is CC(Oc1cccc(C(F)(F)F)c1)C(=O)N1CCN(c2ccc(-c3ccc(F)cc3)nn2)CC1. The van der Waals surface area contributed by atoms with Gasteiger partial charge in [-0.15, -0.1) is 10.2 Å². The molecule has 1 fully saturated rings. The lowest BCUT2D eigenvalue weighted by Crippen LogP contribution is -2.52. The second kappa shape index (κ2) is 9.66. The van der Waals surface area contributed by atoms with E-state index in [1.807, 2.05) is 11.0 Å². The second-order valence-corrected chi connectivity index (χ2v) is 7.88. The first kappa shape index (κ1) is 23.5. The number of carbonyl (C=O) groups excluding carboxylic acids is 1. The minimum absolute atomic E-state index is 0.00849. The summed E-state index contributed by atoms with van der Waals surface area (Å²) in [7, 11) is 0. The molecule has 1 saturated heterocycles. The van der Waals surface area contributed by atoms with Crippen LogP contribution in [0.4, 0.5) is 23.4 Å². The normalized spacial score (nSPS) is 15.2. The summed E-state index contributed by atoms with van der Waals surface area (Å²) in [6, 6.07) is 14.1. The molecule has 178 valence electrons. The fraction of sp³-hybridized carbons (Fsp3) is 0.292. The van der Waals surface area contributed by atoms with Crippen molar-refractivity contribution in [1.82, 2.24) is 15.1 Å². The Kier molecular flexibility index (Phi) is 6.67. The molecule has 3 aromatic rings. The van der Waals surface area contributed by atoms with Crippen LogP contribution in [0.2, 0.25) is 0 Å². The molecule has 0 spiro atoms. The van der Waals surface area contributed by atoms with E-state index in [4.69, 9.17) is 4.74 Å². The number of hydrogen-bond donors (Lipinski definition) is 0. The van der Waals surface area contributed by atoms with Gasteiger partial charge < -0.3 is 14.5 Å². The lowest BCUT2D eigenvalue weighted by Gasteiger charge is -2.36. The van der Waals surface area contributed by atoms with Gasteiger partial charge in [-0.05, 0) is 61.5 Å². The van der Waals surface area contributed by atoms with Gasteiger partial charge in [0.25, 0.3) is 5.91 Å². The Morgan fingerprint density at radius 1 is 0.971 bits per heavy atom. The first-order chi connectivity index (χ1) is 16.2. The number of anilines is 1. The zero-order valence-corrected chi connectivity index (χ0v) is 18.3. The van der Waals surface area contributed by atoms with Crippen molar-refractivity contribution >= 4 is 11.7 Å². The molecule has 6 nitrogen and oxygen atoms in total. The number of amides is 1. The third-order valence-electron chi connectivity index (χ3n) is 5.53. The predicted molar refractivity (Wildman–Crippen MR) is 118 cm³/mol. The smallest absolute Gasteiger partial charge is 0.416 e. The molecule has 1 aromatic heterocycles. The van der Waals surface area contributed by atoms with E-state index in [0.717, 1.165) is 17.7 Å². The first-order valence-corrected chi connectivity index (χ1v) is 10.7. The summed E-state index contributed by atoms with van der Waals surface area (Å²) in [5.74, 6) is 0.0298. The molecule has 34 heavy (non-hydrogen) atoms. The second-order valence-electron chi connectivity index (χ2n) is 7.88. The number of halogens is 4. The molecule has 2 aromatic carbocycles. The minimum atomic E-state index is -4.48. The Bertz CT molecular complexity index is 1130. The quantitative estimate of drug-likeness (QED) is 0.513. The van der Waals surface area contributed by atoms with Gasteiger partial charge in [0.2, 0.25) is 0 Å². The summed E-state index contributed by atoms with van der Waals surface area (Å²) in [5.41, 5.74) is 0.550. The van der Waals surface area contributed by atoms with E-state index in [0.29, 0.717) is 37.7 Å². The molecule has 1 amide bonds. The van der Waals surface area contributed by atoms with Gasteiger partial charge in [0, 0.05) is 31.7 Å². The van der Waals surface area contributed by atoms with Crippen LogP contribution in [0.3, 0.4) is 0 Å². The molecule has 1 atom stereocenters. The highest BCUT2D eigenvalue weighted by Crippen LogP contribution is 2.31. The van der Waals surface area contributed by atoms with Crippen LogP contribution in [0.15, 0.2) is 60.7 Å². The molecule has 1 unspecified atom stereocenters. The summed E-state index contributed by atoms with van der Waals surface area (Å²) in [6.07, 6.45) is -5.41. The molecule has 4 rings (SSSR count). The maximum absolute atomic E-state index is 13.1. The Hall–Kier alpha value is -3.69. The summed E-state index contributed by atoms with van der Waals surface area (Å²) in [5, 5.41) is 8.46. The number of rotatable bonds is 5. The topological polar surface area (TPSA) is 58.6 Å². The number of ether oxygens (including phenoxy) is 1. The molecule has 1 aliphatic rings. The molecular formula is C24H22F4N4O2. The molecule has 0 saturated carbocycles. The largest absolute Gasteiger partial charge is 0.481 e. The average molecular weight is 474 g/mol. The van der Waals surface area contributed by atoms with Gasteiger partial charge in [0.1, 0.15) is 11.6 Å². The number of nitrogens with zero attached hydrogens (tertiary/aromatic N) is 4. The monoisotopic (exact) mass is 474 g/mol.